The first-order valence-electron chi connectivity index (χ1n) is 9.06. The van der Waals surface area contributed by atoms with Crippen molar-refractivity contribution in [1.29, 1.82) is 0 Å². The largest absolute Gasteiger partial charge is 0.375 e. The minimum Gasteiger partial charge on any atom is -0.375 e. The van der Waals surface area contributed by atoms with Crippen molar-refractivity contribution in [3.8, 4) is 0 Å². The average Bonchev–Trinajstić information content (AvgIpc) is 2.92. The molecule has 0 saturated carbocycles. The lowest BCUT2D eigenvalue weighted by atomic mass is 9.88. The molecule has 1 amide bonds. The van der Waals surface area contributed by atoms with Gasteiger partial charge in [-0.2, -0.15) is 0 Å². The summed E-state index contributed by atoms with van der Waals surface area (Å²) in [4.78, 5) is 27.8. The molecule has 3 aromatic rings. The van der Waals surface area contributed by atoms with Crippen LogP contribution in [0, 0.1) is 0 Å². The van der Waals surface area contributed by atoms with E-state index in [1.54, 1.807) is 41.3 Å². The van der Waals surface area contributed by atoms with Gasteiger partial charge in [0.2, 0.25) is 0 Å². The van der Waals surface area contributed by atoms with Crippen LogP contribution in [0.2, 0.25) is 0 Å². The second-order valence-electron chi connectivity index (χ2n) is 6.97. The first-order chi connectivity index (χ1) is 13.9. The molecular weight excluding hydrogens is 498 g/mol. The van der Waals surface area contributed by atoms with Crippen LogP contribution >= 0.6 is 31.9 Å². The number of anilines is 1. The zero-order valence-electron chi connectivity index (χ0n) is 15.3. The fourth-order valence-electron chi connectivity index (χ4n) is 3.63. The summed E-state index contributed by atoms with van der Waals surface area (Å²) in [6.07, 6.45) is -0.314. The van der Waals surface area contributed by atoms with Gasteiger partial charge >= 0.3 is 0 Å². The number of nitrogens with zero attached hydrogens (tertiary/aromatic N) is 1. The molecule has 4 nitrogen and oxygen atoms in total. The van der Waals surface area contributed by atoms with E-state index in [9.17, 15) is 14.7 Å². The molecule has 1 heterocycles. The molecule has 0 fully saturated rings. The Kier molecular flexibility index (Phi) is 5.42. The number of carbonyl (C=O) groups is 2. The Bertz CT molecular complexity index is 1110. The minimum absolute atomic E-state index is 0.292. The lowest BCUT2D eigenvalue weighted by molar-refractivity contribution is -0.136. The van der Waals surface area contributed by atoms with Crippen molar-refractivity contribution >= 4 is 49.2 Å². The number of benzene rings is 3. The first-order valence-corrected chi connectivity index (χ1v) is 10.6. The zero-order valence-corrected chi connectivity index (χ0v) is 18.5. The van der Waals surface area contributed by atoms with Crippen molar-refractivity contribution in [2.24, 2.45) is 0 Å². The van der Waals surface area contributed by atoms with Crippen molar-refractivity contribution in [2.75, 3.05) is 4.90 Å². The van der Waals surface area contributed by atoms with Crippen LogP contribution in [-0.4, -0.2) is 16.8 Å². The van der Waals surface area contributed by atoms with Gasteiger partial charge in [0.25, 0.3) is 5.91 Å². The van der Waals surface area contributed by atoms with Crippen molar-refractivity contribution in [3.63, 3.8) is 0 Å². The highest BCUT2D eigenvalue weighted by Gasteiger charge is 2.50. The molecule has 0 aromatic heterocycles. The molecule has 4 rings (SSSR count). The van der Waals surface area contributed by atoms with Crippen LogP contribution in [0.4, 0.5) is 5.69 Å². The van der Waals surface area contributed by atoms with Gasteiger partial charge in [-0.1, -0.05) is 80.4 Å². The second kappa shape index (κ2) is 7.86. The Morgan fingerprint density at radius 2 is 1.69 bits per heavy atom. The van der Waals surface area contributed by atoms with Gasteiger partial charge in [-0.25, -0.2) is 0 Å². The van der Waals surface area contributed by atoms with E-state index in [-0.39, 0.29) is 12.2 Å². The maximum atomic E-state index is 13.3. The van der Waals surface area contributed by atoms with Crippen LogP contribution in [-0.2, 0) is 16.9 Å². The summed E-state index contributed by atoms with van der Waals surface area (Å²) in [5, 5.41) is 11.4. The highest BCUT2D eigenvalue weighted by molar-refractivity contribution is 9.10. The third-order valence-corrected chi connectivity index (χ3v) is 6.36. The van der Waals surface area contributed by atoms with E-state index in [1.165, 1.54) is 0 Å². The van der Waals surface area contributed by atoms with Gasteiger partial charge in [0.15, 0.2) is 11.4 Å². The quantitative estimate of drug-likeness (QED) is 0.475. The molecule has 0 saturated heterocycles. The number of ketones is 1. The Labute approximate surface area is 185 Å². The molecule has 146 valence electrons. The van der Waals surface area contributed by atoms with Crippen LogP contribution in [0.25, 0.3) is 0 Å². The molecule has 29 heavy (non-hydrogen) atoms. The molecule has 6 heteroatoms. The molecule has 1 aliphatic heterocycles. The predicted molar refractivity (Wildman–Crippen MR) is 119 cm³/mol. The number of hydrogen-bond donors (Lipinski definition) is 1. The molecule has 1 N–H and O–H groups in total. The number of Topliss-reactive ketones (excluding diaryl/α,β-unsaturated/α-hetero) is 1. The number of rotatable bonds is 5. The predicted octanol–water partition coefficient (Wildman–Crippen LogP) is 5.22. The summed E-state index contributed by atoms with van der Waals surface area (Å²) in [7, 11) is 0. The Balaban J connectivity index is 1.70. The fraction of sp³-hybridized carbons (Fsp3) is 0.130. The summed E-state index contributed by atoms with van der Waals surface area (Å²) >= 11 is 6.86. The lowest BCUT2D eigenvalue weighted by Gasteiger charge is -2.23. The molecule has 0 spiro atoms. The molecule has 0 aliphatic carbocycles. The van der Waals surface area contributed by atoms with Gasteiger partial charge in [-0.15, -0.1) is 0 Å². The van der Waals surface area contributed by atoms with Gasteiger partial charge in [0, 0.05) is 20.1 Å². The van der Waals surface area contributed by atoms with Crippen molar-refractivity contribution in [3.05, 3.63) is 98.4 Å². The fourth-order valence-corrected chi connectivity index (χ4v) is 4.44. The van der Waals surface area contributed by atoms with Crippen molar-refractivity contribution in [1.82, 2.24) is 0 Å². The van der Waals surface area contributed by atoms with E-state index in [2.05, 4.69) is 31.9 Å². The van der Waals surface area contributed by atoms with E-state index >= 15 is 0 Å². The van der Waals surface area contributed by atoms with Crippen LogP contribution in [0.15, 0.2) is 81.7 Å². The molecule has 0 radical (unpaired) electrons. The number of aliphatic hydroxyl groups is 1. The molecule has 1 atom stereocenters. The van der Waals surface area contributed by atoms with Crippen molar-refractivity contribution in [2.45, 2.75) is 18.6 Å². The smallest absolute Gasteiger partial charge is 0.264 e. The number of amides is 1. The van der Waals surface area contributed by atoms with E-state index < -0.39 is 11.5 Å². The SMILES string of the molecule is O=C(CC1(O)C(=O)N(Cc2ccccc2Br)c2ccccc21)c1cccc(Br)c1. The van der Waals surface area contributed by atoms with Crippen LogP contribution in [0.1, 0.15) is 27.9 Å². The maximum Gasteiger partial charge on any atom is 0.264 e. The second-order valence-corrected chi connectivity index (χ2v) is 8.74. The lowest BCUT2D eigenvalue weighted by Crippen LogP contribution is -2.41. The highest BCUT2D eigenvalue weighted by atomic mass is 79.9. The molecule has 1 aliphatic rings. The first kappa shape index (κ1) is 20.0. The van der Waals surface area contributed by atoms with Crippen LogP contribution < -0.4 is 4.90 Å². The maximum absolute atomic E-state index is 13.3. The summed E-state index contributed by atoms with van der Waals surface area (Å²) < 4.78 is 1.65. The van der Waals surface area contributed by atoms with Gasteiger partial charge < -0.3 is 10.0 Å². The Morgan fingerprint density at radius 3 is 2.45 bits per heavy atom. The number of halogens is 2. The van der Waals surface area contributed by atoms with Crippen LogP contribution in [0.3, 0.4) is 0 Å². The Hall–Kier alpha value is -2.28. The molecule has 0 bridgehead atoms. The molecule has 1 unspecified atom stereocenters. The number of para-hydroxylation sites is 1. The van der Waals surface area contributed by atoms with Gasteiger partial charge in [-0.3, -0.25) is 9.59 Å². The standard InChI is InChI=1S/C23H17Br2NO3/c24-17-8-5-7-15(12-17)21(27)13-23(29)18-9-2-4-11-20(18)26(22(23)28)14-16-6-1-3-10-19(16)25/h1-12,29H,13-14H2. The Morgan fingerprint density at radius 1 is 0.966 bits per heavy atom. The number of fused-ring (bicyclic) bond motifs is 1. The normalized spacial score (nSPS) is 18.0. The third kappa shape index (κ3) is 3.68. The van der Waals surface area contributed by atoms with Gasteiger partial charge in [0.1, 0.15) is 0 Å². The van der Waals surface area contributed by atoms with E-state index in [1.807, 2.05) is 36.4 Å². The monoisotopic (exact) mass is 513 g/mol. The topological polar surface area (TPSA) is 57.6 Å². The van der Waals surface area contributed by atoms with Gasteiger partial charge in [-0.05, 0) is 29.8 Å². The number of carbonyl (C=O) groups excluding carboxylic acids is 2. The third-order valence-electron chi connectivity index (χ3n) is 5.09. The summed E-state index contributed by atoms with van der Waals surface area (Å²) in [6.45, 7) is 0.296. The van der Waals surface area contributed by atoms with Gasteiger partial charge in [0.05, 0.1) is 18.7 Å². The summed E-state index contributed by atoms with van der Waals surface area (Å²) in [5.74, 6) is -0.780. The average molecular weight is 515 g/mol. The summed E-state index contributed by atoms with van der Waals surface area (Å²) in [6, 6.07) is 21.7. The van der Waals surface area contributed by atoms with Crippen molar-refractivity contribution < 1.29 is 14.7 Å². The van der Waals surface area contributed by atoms with E-state index in [0.29, 0.717) is 23.4 Å². The number of hydrogen-bond acceptors (Lipinski definition) is 3. The molecule has 3 aromatic carbocycles. The van der Waals surface area contributed by atoms with Crippen LogP contribution in [0.5, 0.6) is 0 Å². The zero-order chi connectivity index (χ0) is 20.6. The molecular formula is C23H17Br2NO3. The highest BCUT2D eigenvalue weighted by Crippen LogP contribution is 2.43. The summed E-state index contributed by atoms with van der Waals surface area (Å²) in [5.41, 5.74) is 0.552. The van der Waals surface area contributed by atoms with E-state index in [4.69, 9.17) is 0 Å². The minimum atomic E-state index is -1.89. The van der Waals surface area contributed by atoms with E-state index in [0.717, 1.165) is 14.5 Å².